The standard InChI is InChI=1S/C14H26O2/c1-4-6-7-8-9-10-11-14(15)16-12-13(3)5-2/h4,13H,1,5-12H2,2-3H3. The first-order valence-electron chi connectivity index (χ1n) is 6.47. The van der Waals surface area contributed by atoms with Crippen LogP contribution in [0.4, 0.5) is 0 Å². The molecule has 0 aliphatic heterocycles. The minimum Gasteiger partial charge on any atom is -0.465 e. The molecule has 0 radical (unpaired) electrons. The SMILES string of the molecule is C=CCCCCCCC(=O)OCC(C)CC. The van der Waals surface area contributed by atoms with Crippen LogP contribution in [0.1, 0.15) is 58.8 Å². The minimum absolute atomic E-state index is 0.0379. The third-order valence-electron chi connectivity index (χ3n) is 2.76. The van der Waals surface area contributed by atoms with Crippen molar-refractivity contribution in [1.82, 2.24) is 0 Å². The number of hydrogen-bond acceptors (Lipinski definition) is 2. The zero-order valence-electron chi connectivity index (χ0n) is 10.8. The zero-order chi connectivity index (χ0) is 12.2. The molecule has 0 aromatic carbocycles. The van der Waals surface area contributed by atoms with Crippen LogP contribution < -0.4 is 0 Å². The van der Waals surface area contributed by atoms with E-state index in [0.717, 1.165) is 25.7 Å². The van der Waals surface area contributed by atoms with Gasteiger partial charge in [-0.25, -0.2) is 0 Å². The van der Waals surface area contributed by atoms with Crippen molar-refractivity contribution in [3.05, 3.63) is 12.7 Å². The molecule has 0 amide bonds. The molecule has 0 bridgehead atoms. The summed E-state index contributed by atoms with van der Waals surface area (Å²) < 4.78 is 5.17. The van der Waals surface area contributed by atoms with E-state index in [-0.39, 0.29) is 5.97 Å². The number of unbranched alkanes of at least 4 members (excludes halogenated alkanes) is 4. The number of hydrogen-bond donors (Lipinski definition) is 0. The molecule has 0 saturated carbocycles. The van der Waals surface area contributed by atoms with Crippen LogP contribution in [-0.2, 0) is 9.53 Å². The van der Waals surface area contributed by atoms with E-state index in [1.807, 2.05) is 6.08 Å². The predicted octanol–water partition coefficient (Wildman–Crippen LogP) is 4.10. The summed E-state index contributed by atoms with van der Waals surface area (Å²) in [6, 6.07) is 0. The van der Waals surface area contributed by atoms with Crippen LogP contribution in [0.5, 0.6) is 0 Å². The fraction of sp³-hybridized carbons (Fsp3) is 0.786. The Balaban J connectivity index is 3.27. The first-order valence-corrected chi connectivity index (χ1v) is 6.47. The molecule has 16 heavy (non-hydrogen) atoms. The van der Waals surface area contributed by atoms with Crippen molar-refractivity contribution in [2.75, 3.05) is 6.61 Å². The summed E-state index contributed by atoms with van der Waals surface area (Å²) in [6.07, 6.45) is 9.11. The molecule has 0 aromatic heterocycles. The molecule has 0 aliphatic carbocycles. The lowest BCUT2D eigenvalue weighted by Gasteiger charge is -2.09. The lowest BCUT2D eigenvalue weighted by Crippen LogP contribution is -2.11. The molecule has 0 heterocycles. The molecule has 1 unspecified atom stereocenters. The van der Waals surface area contributed by atoms with Gasteiger partial charge in [-0.2, -0.15) is 0 Å². The van der Waals surface area contributed by atoms with Gasteiger partial charge in [-0.05, 0) is 25.2 Å². The molecule has 2 heteroatoms. The normalized spacial score (nSPS) is 12.1. The van der Waals surface area contributed by atoms with Gasteiger partial charge in [-0.1, -0.05) is 39.2 Å². The summed E-state index contributed by atoms with van der Waals surface area (Å²) in [4.78, 5) is 11.3. The topological polar surface area (TPSA) is 26.3 Å². The van der Waals surface area contributed by atoms with E-state index in [1.54, 1.807) is 0 Å². The molecule has 2 nitrogen and oxygen atoms in total. The molecular formula is C14H26O2. The van der Waals surface area contributed by atoms with Crippen molar-refractivity contribution in [2.45, 2.75) is 58.8 Å². The second-order valence-corrected chi connectivity index (χ2v) is 4.44. The van der Waals surface area contributed by atoms with Crippen LogP contribution in [0, 0.1) is 5.92 Å². The van der Waals surface area contributed by atoms with Crippen molar-refractivity contribution < 1.29 is 9.53 Å². The second kappa shape index (κ2) is 10.7. The average Bonchev–Trinajstić information content (AvgIpc) is 2.30. The Hall–Kier alpha value is -0.790. The molecule has 0 N–H and O–H groups in total. The summed E-state index contributed by atoms with van der Waals surface area (Å²) >= 11 is 0. The number of rotatable bonds is 10. The van der Waals surface area contributed by atoms with Crippen LogP contribution in [-0.4, -0.2) is 12.6 Å². The van der Waals surface area contributed by atoms with Crippen molar-refractivity contribution in [3.63, 3.8) is 0 Å². The van der Waals surface area contributed by atoms with Gasteiger partial charge in [0, 0.05) is 6.42 Å². The zero-order valence-corrected chi connectivity index (χ0v) is 10.8. The van der Waals surface area contributed by atoms with Gasteiger partial charge in [-0.15, -0.1) is 6.58 Å². The molecule has 0 aromatic rings. The number of allylic oxidation sites excluding steroid dienone is 1. The molecular weight excluding hydrogens is 200 g/mol. The molecule has 94 valence electrons. The van der Waals surface area contributed by atoms with E-state index in [4.69, 9.17) is 4.74 Å². The highest BCUT2D eigenvalue weighted by Gasteiger charge is 2.05. The summed E-state index contributed by atoms with van der Waals surface area (Å²) in [7, 11) is 0. The van der Waals surface area contributed by atoms with Gasteiger partial charge in [0.05, 0.1) is 6.61 Å². The predicted molar refractivity (Wildman–Crippen MR) is 68.3 cm³/mol. The minimum atomic E-state index is -0.0379. The van der Waals surface area contributed by atoms with E-state index in [0.29, 0.717) is 18.9 Å². The molecule has 0 fully saturated rings. The Bertz CT molecular complexity index is 187. The number of carbonyl (C=O) groups is 1. The number of carbonyl (C=O) groups excluding carboxylic acids is 1. The first-order chi connectivity index (χ1) is 7.70. The summed E-state index contributed by atoms with van der Waals surface area (Å²) in [5, 5.41) is 0. The Morgan fingerprint density at radius 1 is 1.31 bits per heavy atom. The van der Waals surface area contributed by atoms with Gasteiger partial charge < -0.3 is 4.74 Å². The average molecular weight is 226 g/mol. The highest BCUT2D eigenvalue weighted by Crippen LogP contribution is 2.07. The van der Waals surface area contributed by atoms with E-state index in [9.17, 15) is 4.79 Å². The number of ether oxygens (including phenoxy) is 1. The Labute approximate surface area is 100 Å². The van der Waals surface area contributed by atoms with Gasteiger partial charge in [0.15, 0.2) is 0 Å². The maximum absolute atomic E-state index is 11.3. The maximum Gasteiger partial charge on any atom is 0.305 e. The Morgan fingerprint density at radius 3 is 2.62 bits per heavy atom. The lowest BCUT2D eigenvalue weighted by atomic mass is 10.1. The molecule has 0 aliphatic rings. The van der Waals surface area contributed by atoms with Crippen LogP contribution >= 0.6 is 0 Å². The molecule has 0 rings (SSSR count). The van der Waals surface area contributed by atoms with Crippen molar-refractivity contribution >= 4 is 5.97 Å². The first kappa shape index (κ1) is 15.2. The fourth-order valence-corrected chi connectivity index (χ4v) is 1.34. The maximum atomic E-state index is 11.3. The Kier molecular flexibility index (Phi) is 10.2. The largest absolute Gasteiger partial charge is 0.465 e. The van der Waals surface area contributed by atoms with Crippen molar-refractivity contribution in [1.29, 1.82) is 0 Å². The quantitative estimate of drug-likeness (QED) is 0.318. The molecule has 1 atom stereocenters. The van der Waals surface area contributed by atoms with Crippen molar-refractivity contribution in [3.8, 4) is 0 Å². The monoisotopic (exact) mass is 226 g/mol. The van der Waals surface area contributed by atoms with Gasteiger partial charge in [0.25, 0.3) is 0 Å². The highest BCUT2D eigenvalue weighted by atomic mass is 16.5. The molecule has 0 spiro atoms. The van der Waals surface area contributed by atoms with E-state index < -0.39 is 0 Å². The van der Waals surface area contributed by atoms with Gasteiger partial charge in [-0.3, -0.25) is 4.79 Å². The summed E-state index contributed by atoms with van der Waals surface area (Å²) in [5.74, 6) is 0.445. The summed E-state index contributed by atoms with van der Waals surface area (Å²) in [5.41, 5.74) is 0. The van der Waals surface area contributed by atoms with Crippen LogP contribution in [0.3, 0.4) is 0 Å². The lowest BCUT2D eigenvalue weighted by molar-refractivity contribution is -0.145. The van der Waals surface area contributed by atoms with E-state index >= 15 is 0 Å². The van der Waals surface area contributed by atoms with Gasteiger partial charge >= 0.3 is 5.97 Å². The van der Waals surface area contributed by atoms with Gasteiger partial charge in [0.1, 0.15) is 0 Å². The van der Waals surface area contributed by atoms with Crippen LogP contribution in [0.15, 0.2) is 12.7 Å². The van der Waals surface area contributed by atoms with E-state index in [1.165, 1.54) is 12.8 Å². The molecule has 0 saturated heterocycles. The van der Waals surface area contributed by atoms with Crippen LogP contribution in [0.25, 0.3) is 0 Å². The fourth-order valence-electron chi connectivity index (χ4n) is 1.34. The smallest absolute Gasteiger partial charge is 0.305 e. The van der Waals surface area contributed by atoms with Crippen molar-refractivity contribution in [2.24, 2.45) is 5.92 Å². The van der Waals surface area contributed by atoms with Crippen LogP contribution in [0.2, 0.25) is 0 Å². The highest BCUT2D eigenvalue weighted by molar-refractivity contribution is 5.69. The third kappa shape index (κ3) is 9.75. The number of esters is 1. The summed E-state index contributed by atoms with van der Waals surface area (Å²) in [6.45, 7) is 8.47. The third-order valence-corrected chi connectivity index (χ3v) is 2.76. The second-order valence-electron chi connectivity index (χ2n) is 4.44. The van der Waals surface area contributed by atoms with Gasteiger partial charge in [0.2, 0.25) is 0 Å². The Morgan fingerprint density at radius 2 is 2.00 bits per heavy atom. The van der Waals surface area contributed by atoms with E-state index in [2.05, 4.69) is 20.4 Å².